The molecule has 1 aliphatic heterocycles. The third-order valence-electron chi connectivity index (χ3n) is 6.85. The fourth-order valence-corrected chi connectivity index (χ4v) is 5.07. The van der Waals surface area contributed by atoms with Crippen LogP contribution < -0.4 is 0 Å². The molecule has 5 rings (SSSR count). The first kappa shape index (κ1) is 17.9. The molecular weight excluding hydrogens is 346 g/mol. The number of rotatable bonds is 6. The van der Waals surface area contributed by atoms with Gasteiger partial charge < -0.3 is 9.72 Å². The molecule has 2 aliphatic rings. The van der Waals surface area contributed by atoms with E-state index >= 15 is 0 Å². The van der Waals surface area contributed by atoms with E-state index in [1.54, 1.807) is 0 Å². The molecule has 3 aromatic rings. The zero-order valence-electron chi connectivity index (χ0n) is 16.4. The molecule has 3 heterocycles. The van der Waals surface area contributed by atoms with Crippen LogP contribution in [0.1, 0.15) is 43.2 Å². The number of benzene rings is 1. The first-order valence-electron chi connectivity index (χ1n) is 10.6. The maximum absolute atomic E-state index is 6.14. The number of aromatic amines is 1. The van der Waals surface area contributed by atoms with Crippen LogP contribution in [0, 0.1) is 5.92 Å². The van der Waals surface area contributed by atoms with Crippen molar-refractivity contribution in [3.63, 3.8) is 0 Å². The van der Waals surface area contributed by atoms with Crippen LogP contribution in [0.15, 0.2) is 54.9 Å². The van der Waals surface area contributed by atoms with E-state index in [4.69, 9.17) is 4.74 Å². The molecular formula is C24H29N3O. The highest BCUT2D eigenvalue weighted by Crippen LogP contribution is 2.46. The summed E-state index contributed by atoms with van der Waals surface area (Å²) in [6.45, 7) is 4.03. The van der Waals surface area contributed by atoms with Gasteiger partial charge in [-0.3, -0.25) is 4.90 Å². The van der Waals surface area contributed by atoms with Gasteiger partial charge >= 0.3 is 0 Å². The average molecular weight is 376 g/mol. The van der Waals surface area contributed by atoms with Gasteiger partial charge in [0.1, 0.15) is 5.65 Å². The van der Waals surface area contributed by atoms with Crippen LogP contribution in [-0.2, 0) is 16.9 Å². The lowest BCUT2D eigenvalue weighted by atomic mass is 9.71. The quantitative estimate of drug-likeness (QED) is 0.668. The number of H-pyrrole nitrogens is 1. The second kappa shape index (κ2) is 7.69. The molecule has 1 saturated carbocycles. The molecule has 1 N–H and O–H groups in total. The zero-order valence-corrected chi connectivity index (χ0v) is 16.4. The molecule has 0 radical (unpaired) electrons. The van der Waals surface area contributed by atoms with Crippen LogP contribution in [0.4, 0.5) is 0 Å². The molecule has 0 unspecified atom stereocenters. The Morgan fingerprint density at radius 1 is 1.07 bits per heavy atom. The number of pyridine rings is 1. The van der Waals surface area contributed by atoms with E-state index in [1.165, 1.54) is 61.7 Å². The standard InChI is InChI=1S/C24H29N3O/c1-2-6-21(7-3-1)24(27-14-5-15-27)11-9-19(10-12-24)17-28-18-20-16-26-23-22(20)8-4-13-25-23/h1-4,6-8,13,16,19H,5,9-12,14-15,17-18H2,(H,25,26). The zero-order chi connectivity index (χ0) is 18.8. The third-order valence-corrected chi connectivity index (χ3v) is 6.85. The lowest BCUT2D eigenvalue weighted by molar-refractivity contribution is -0.0266. The molecule has 0 atom stereocenters. The number of fused-ring (bicyclic) bond motifs is 1. The fourth-order valence-electron chi connectivity index (χ4n) is 5.07. The fraction of sp³-hybridized carbons (Fsp3) is 0.458. The third kappa shape index (κ3) is 3.25. The number of hydrogen-bond acceptors (Lipinski definition) is 3. The van der Waals surface area contributed by atoms with Gasteiger partial charge in [-0.25, -0.2) is 4.98 Å². The summed E-state index contributed by atoms with van der Waals surface area (Å²) in [6, 6.07) is 15.3. The molecule has 4 heteroatoms. The number of hydrogen-bond donors (Lipinski definition) is 1. The first-order chi connectivity index (χ1) is 13.9. The number of nitrogens with zero attached hydrogens (tertiary/aromatic N) is 2. The van der Waals surface area contributed by atoms with Crippen LogP contribution >= 0.6 is 0 Å². The van der Waals surface area contributed by atoms with Crippen molar-refractivity contribution in [3.8, 4) is 0 Å². The lowest BCUT2D eigenvalue weighted by Crippen LogP contribution is -2.54. The van der Waals surface area contributed by atoms with E-state index in [1.807, 2.05) is 18.5 Å². The summed E-state index contributed by atoms with van der Waals surface area (Å²) in [5.74, 6) is 0.668. The van der Waals surface area contributed by atoms with Crippen molar-refractivity contribution in [3.05, 3.63) is 66.0 Å². The summed E-state index contributed by atoms with van der Waals surface area (Å²) in [4.78, 5) is 10.3. The van der Waals surface area contributed by atoms with Crippen molar-refractivity contribution in [2.75, 3.05) is 19.7 Å². The van der Waals surface area contributed by atoms with Crippen LogP contribution in [0.25, 0.3) is 11.0 Å². The van der Waals surface area contributed by atoms with Gasteiger partial charge in [-0.1, -0.05) is 30.3 Å². The Bertz CT molecular complexity index is 908. The topological polar surface area (TPSA) is 41.1 Å². The Labute approximate surface area is 166 Å². The van der Waals surface area contributed by atoms with Crippen molar-refractivity contribution in [2.45, 2.75) is 44.2 Å². The molecule has 2 aromatic heterocycles. The SMILES string of the molecule is c1ccc(C2(N3CCC3)CCC(COCc3c[nH]c4ncccc34)CC2)cc1. The maximum atomic E-state index is 6.14. The summed E-state index contributed by atoms with van der Waals surface area (Å²) in [7, 11) is 0. The van der Waals surface area contributed by atoms with E-state index < -0.39 is 0 Å². The molecule has 0 bridgehead atoms. The highest BCUT2D eigenvalue weighted by Gasteiger charge is 2.43. The Balaban J connectivity index is 1.19. The monoisotopic (exact) mass is 375 g/mol. The Hall–Kier alpha value is -2.17. The summed E-state index contributed by atoms with van der Waals surface area (Å²) >= 11 is 0. The van der Waals surface area contributed by atoms with Gasteiger partial charge in [-0.2, -0.15) is 0 Å². The number of aromatic nitrogens is 2. The molecule has 0 spiro atoms. The number of nitrogens with one attached hydrogen (secondary N) is 1. The first-order valence-corrected chi connectivity index (χ1v) is 10.6. The van der Waals surface area contributed by atoms with Gasteiger partial charge in [0.2, 0.25) is 0 Å². The number of ether oxygens (including phenoxy) is 1. The Kier molecular flexibility index (Phi) is 4.91. The van der Waals surface area contributed by atoms with Gasteiger partial charge in [-0.15, -0.1) is 0 Å². The summed E-state index contributed by atoms with van der Waals surface area (Å²) in [6.07, 6.45) is 10.2. The molecule has 28 heavy (non-hydrogen) atoms. The molecule has 0 amide bonds. The molecule has 146 valence electrons. The van der Waals surface area contributed by atoms with Crippen molar-refractivity contribution in [2.24, 2.45) is 5.92 Å². The van der Waals surface area contributed by atoms with E-state index in [2.05, 4.69) is 51.3 Å². The predicted molar refractivity (Wildman–Crippen MR) is 112 cm³/mol. The minimum Gasteiger partial charge on any atom is -0.376 e. The minimum absolute atomic E-state index is 0.262. The van der Waals surface area contributed by atoms with E-state index in [-0.39, 0.29) is 5.54 Å². The van der Waals surface area contributed by atoms with Crippen molar-refractivity contribution in [1.29, 1.82) is 0 Å². The molecule has 2 fully saturated rings. The molecule has 1 saturated heterocycles. The van der Waals surface area contributed by atoms with Gasteiger partial charge in [-0.05, 0) is 55.7 Å². The van der Waals surface area contributed by atoms with Crippen LogP contribution in [-0.4, -0.2) is 34.6 Å². The van der Waals surface area contributed by atoms with Crippen LogP contribution in [0.5, 0.6) is 0 Å². The Morgan fingerprint density at radius 2 is 1.89 bits per heavy atom. The van der Waals surface area contributed by atoms with E-state index in [9.17, 15) is 0 Å². The average Bonchev–Trinajstić information content (AvgIpc) is 3.12. The molecule has 1 aliphatic carbocycles. The maximum Gasteiger partial charge on any atom is 0.137 e. The van der Waals surface area contributed by atoms with Crippen LogP contribution in [0.2, 0.25) is 0 Å². The van der Waals surface area contributed by atoms with Crippen molar-refractivity contribution < 1.29 is 4.74 Å². The lowest BCUT2D eigenvalue weighted by Gasteiger charge is -2.52. The normalized spacial score (nSPS) is 25.6. The van der Waals surface area contributed by atoms with E-state index in [0.29, 0.717) is 12.5 Å². The molecule has 1 aromatic carbocycles. The molecule has 4 nitrogen and oxygen atoms in total. The summed E-state index contributed by atoms with van der Waals surface area (Å²) in [5.41, 5.74) is 3.93. The number of likely N-dealkylation sites (tertiary alicyclic amines) is 1. The highest BCUT2D eigenvalue weighted by atomic mass is 16.5. The summed E-state index contributed by atoms with van der Waals surface area (Å²) < 4.78 is 6.14. The van der Waals surface area contributed by atoms with Crippen molar-refractivity contribution in [1.82, 2.24) is 14.9 Å². The van der Waals surface area contributed by atoms with Gasteiger partial charge in [0, 0.05) is 48.6 Å². The van der Waals surface area contributed by atoms with Gasteiger partial charge in [0.15, 0.2) is 0 Å². The second-order valence-electron chi connectivity index (χ2n) is 8.41. The highest BCUT2D eigenvalue weighted by molar-refractivity contribution is 5.79. The Morgan fingerprint density at radius 3 is 2.64 bits per heavy atom. The second-order valence-corrected chi connectivity index (χ2v) is 8.41. The van der Waals surface area contributed by atoms with Gasteiger partial charge in [0.05, 0.1) is 6.61 Å². The van der Waals surface area contributed by atoms with Crippen molar-refractivity contribution >= 4 is 11.0 Å². The van der Waals surface area contributed by atoms with E-state index in [0.717, 1.165) is 12.3 Å². The summed E-state index contributed by atoms with van der Waals surface area (Å²) in [5, 5.41) is 1.17. The predicted octanol–water partition coefficient (Wildman–Crippen LogP) is 4.87. The largest absolute Gasteiger partial charge is 0.376 e. The van der Waals surface area contributed by atoms with Gasteiger partial charge in [0.25, 0.3) is 0 Å². The minimum atomic E-state index is 0.262. The smallest absolute Gasteiger partial charge is 0.137 e. The van der Waals surface area contributed by atoms with Crippen LogP contribution in [0.3, 0.4) is 0 Å².